The number of nitrogens with two attached hydrogens (primary N) is 1. The van der Waals surface area contributed by atoms with Crippen LogP contribution in [-0.2, 0) is 4.74 Å². The molecule has 0 unspecified atom stereocenters. The Labute approximate surface area is 157 Å². The molecule has 3 heterocycles. The number of hydrogen-bond acceptors (Lipinski definition) is 7. The molecule has 0 saturated carbocycles. The molecule has 5 N–H and O–H groups in total. The van der Waals surface area contributed by atoms with Crippen LogP contribution in [0.15, 0.2) is 36.4 Å². The minimum Gasteiger partial charge on any atom is -0.398 e. The maximum Gasteiger partial charge on any atom is 0.247 e. The van der Waals surface area contributed by atoms with Gasteiger partial charge in [0.2, 0.25) is 5.95 Å². The van der Waals surface area contributed by atoms with Crippen LogP contribution in [0.3, 0.4) is 0 Å². The van der Waals surface area contributed by atoms with E-state index in [4.69, 9.17) is 15.9 Å². The van der Waals surface area contributed by atoms with Crippen LogP contribution in [0.5, 0.6) is 0 Å². The molecule has 2 aromatic heterocycles. The molecule has 0 bridgehead atoms. The molecule has 8 nitrogen and oxygen atoms in total. The van der Waals surface area contributed by atoms with Gasteiger partial charge in [0.25, 0.3) is 0 Å². The third-order valence-electron chi connectivity index (χ3n) is 4.65. The van der Waals surface area contributed by atoms with Crippen molar-refractivity contribution in [3.63, 3.8) is 0 Å². The molecule has 27 heavy (non-hydrogen) atoms. The highest BCUT2D eigenvalue weighted by Gasteiger charge is 2.16. The summed E-state index contributed by atoms with van der Waals surface area (Å²) in [6.45, 7) is 3.28. The van der Waals surface area contributed by atoms with E-state index < -0.39 is 0 Å². The number of benzene rings is 1. The lowest BCUT2D eigenvalue weighted by atomic mass is 10.1. The van der Waals surface area contributed by atoms with Crippen LogP contribution in [0.2, 0.25) is 0 Å². The summed E-state index contributed by atoms with van der Waals surface area (Å²) < 4.78 is 7.22. The molecule has 0 amide bonds. The number of anilines is 4. The molecule has 4 rings (SSSR count). The molecule has 8 heteroatoms. The number of nitrogens with one attached hydrogen (secondary N) is 3. The summed E-state index contributed by atoms with van der Waals surface area (Å²) in [5.74, 6) is 1.41. The first-order chi connectivity index (χ1) is 13.1. The minimum absolute atomic E-state index is 0.375. The van der Waals surface area contributed by atoms with Gasteiger partial charge in [-0.2, -0.15) is 9.50 Å². The molecule has 0 atom stereocenters. The summed E-state index contributed by atoms with van der Waals surface area (Å²) in [7, 11) is 0. The van der Waals surface area contributed by atoms with Gasteiger partial charge < -0.3 is 26.5 Å². The molecule has 0 spiro atoms. The third-order valence-corrected chi connectivity index (χ3v) is 4.65. The smallest absolute Gasteiger partial charge is 0.247 e. The van der Waals surface area contributed by atoms with Gasteiger partial charge >= 0.3 is 0 Å². The summed E-state index contributed by atoms with van der Waals surface area (Å²) in [5.41, 5.74) is 9.18. The Morgan fingerprint density at radius 1 is 1.26 bits per heavy atom. The first kappa shape index (κ1) is 17.3. The molecular weight excluding hydrogens is 342 g/mol. The largest absolute Gasteiger partial charge is 0.398 e. The van der Waals surface area contributed by atoms with Crippen LogP contribution in [-0.4, -0.2) is 39.6 Å². The lowest BCUT2D eigenvalue weighted by Crippen LogP contribution is -2.28. The van der Waals surface area contributed by atoms with Crippen molar-refractivity contribution in [3.05, 3.63) is 42.0 Å². The minimum atomic E-state index is 0.375. The average molecular weight is 365 g/mol. The van der Waals surface area contributed by atoms with Crippen molar-refractivity contribution in [2.24, 2.45) is 0 Å². The summed E-state index contributed by atoms with van der Waals surface area (Å²) in [6.07, 6.45) is 1.96. The Kier molecular flexibility index (Phi) is 4.64. The van der Waals surface area contributed by atoms with Crippen molar-refractivity contribution in [1.29, 1.82) is 5.41 Å². The number of aromatic nitrogens is 3. The Hall–Kier alpha value is -3.13. The van der Waals surface area contributed by atoms with E-state index in [2.05, 4.69) is 20.7 Å². The van der Waals surface area contributed by atoms with Crippen LogP contribution >= 0.6 is 0 Å². The predicted octanol–water partition coefficient (Wildman–Crippen LogP) is 3.03. The van der Waals surface area contributed by atoms with Gasteiger partial charge in [-0.05, 0) is 50.1 Å². The average Bonchev–Trinajstić information content (AvgIpc) is 3.07. The number of ether oxygens (including phenoxy) is 1. The third kappa shape index (κ3) is 3.70. The van der Waals surface area contributed by atoms with E-state index in [0.29, 0.717) is 29.0 Å². The number of rotatable bonds is 5. The molecule has 1 saturated heterocycles. The molecule has 3 aromatic rings. The molecule has 1 aromatic carbocycles. The normalized spacial score (nSPS) is 15.0. The molecule has 0 radical (unpaired) electrons. The Bertz CT molecular complexity index is 975. The molecule has 1 aliphatic heterocycles. The fraction of sp³-hybridized carbons (Fsp3) is 0.316. The lowest BCUT2D eigenvalue weighted by molar-refractivity contribution is 0.0903. The Morgan fingerprint density at radius 3 is 2.85 bits per heavy atom. The van der Waals surface area contributed by atoms with Crippen molar-refractivity contribution in [2.45, 2.75) is 25.8 Å². The number of nitrogen functional groups attached to an aromatic ring is 1. The van der Waals surface area contributed by atoms with Gasteiger partial charge in [-0.1, -0.05) is 6.07 Å². The summed E-state index contributed by atoms with van der Waals surface area (Å²) >= 11 is 0. The van der Waals surface area contributed by atoms with Gasteiger partial charge in [0.05, 0.1) is 0 Å². The van der Waals surface area contributed by atoms with Gasteiger partial charge in [0.15, 0.2) is 5.65 Å². The van der Waals surface area contributed by atoms with Gasteiger partial charge in [-0.15, -0.1) is 5.10 Å². The van der Waals surface area contributed by atoms with E-state index in [1.165, 1.54) is 0 Å². The maximum absolute atomic E-state index is 7.83. The topological polar surface area (TPSA) is 113 Å². The van der Waals surface area contributed by atoms with E-state index in [1.807, 2.05) is 30.3 Å². The SMILES string of the molecule is CC(=N)c1cc(Nc2nc3cccc(NC4CCOCC4)n3n2)ccc1N. The molecule has 1 aliphatic rings. The van der Waals surface area contributed by atoms with Crippen LogP contribution in [0.4, 0.5) is 23.1 Å². The predicted molar refractivity (Wildman–Crippen MR) is 107 cm³/mol. The highest BCUT2D eigenvalue weighted by atomic mass is 16.5. The molecular formula is C19H23N7O. The highest BCUT2D eigenvalue weighted by Crippen LogP contribution is 2.22. The van der Waals surface area contributed by atoms with E-state index in [1.54, 1.807) is 17.5 Å². The zero-order valence-electron chi connectivity index (χ0n) is 15.2. The van der Waals surface area contributed by atoms with Gasteiger partial charge in [-0.3, -0.25) is 0 Å². The standard InChI is InChI=1S/C19H23N7O/c1-12(20)15-11-14(5-6-16(15)21)23-19-24-18-4-2-3-17(26(18)25-19)22-13-7-9-27-10-8-13/h2-6,11,13,20,22H,7-10,21H2,1H3,(H,23,25). The first-order valence-corrected chi connectivity index (χ1v) is 9.02. The zero-order chi connectivity index (χ0) is 18.8. The molecule has 140 valence electrons. The number of pyridine rings is 1. The van der Waals surface area contributed by atoms with Crippen molar-refractivity contribution >= 4 is 34.5 Å². The van der Waals surface area contributed by atoms with E-state index >= 15 is 0 Å². The van der Waals surface area contributed by atoms with E-state index in [0.717, 1.165) is 43.2 Å². The highest BCUT2D eigenvalue weighted by molar-refractivity contribution is 6.01. The van der Waals surface area contributed by atoms with E-state index in [9.17, 15) is 0 Å². The number of nitrogens with zero attached hydrogens (tertiary/aromatic N) is 3. The van der Waals surface area contributed by atoms with E-state index in [-0.39, 0.29) is 0 Å². The fourth-order valence-electron chi connectivity index (χ4n) is 3.21. The summed E-state index contributed by atoms with van der Waals surface area (Å²) in [6, 6.07) is 11.7. The number of fused-ring (bicyclic) bond motifs is 1. The van der Waals surface area contributed by atoms with Crippen LogP contribution < -0.4 is 16.4 Å². The maximum atomic E-state index is 7.83. The van der Waals surface area contributed by atoms with Gasteiger partial charge in [-0.25, -0.2) is 0 Å². The van der Waals surface area contributed by atoms with Crippen LogP contribution in [0.1, 0.15) is 25.3 Å². The molecule has 0 aliphatic carbocycles. The quantitative estimate of drug-likeness (QED) is 0.408. The monoisotopic (exact) mass is 365 g/mol. The second-order valence-corrected chi connectivity index (χ2v) is 6.70. The van der Waals surface area contributed by atoms with Crippen molar-refractivity contribution in [3.8, 4) is 0 Å². The van der Waals surface area contributed by atoms with Gasteiger partial charge in [0.1, 0.15) is 5.82 Å². The first-order valence-electron chi connectivity index (χ1n) is 9.02. The second-order valence-electron chi connectivity index (χ2n) is 6.70. The Balaban J connectivity index is 1.59. The summed E-state index contributed by atoms with van der Waals surface area (Å²) in [4.78, 5) is 4.55. The van der Waals surface area contributed by atoms with Crippen LogP contribution in [0.25, 0.3) is 5.65 Å². The lowest BCUT2D eigenvalue weighted by Gasteiger charge is -2.24. The summed E-state index contributed by atoms with van der Waals surface area (Å²) in [5, 5.41) is 19.2. The molecule has 1 fully saturated rings. The van der Waals surface area contributed by atoms with Crippen molar-refractivity contribution < 1.29 is 4.74 Å². The fourth-order valence-corrected chi connectivity index (χ4v) is 3.21. The van der Waals surface area contributed by atoms with Crippen molar-refractivity contribution in [2.75, 3.05) is 29.6 Å². The number of hydrogen-bond donors (Lipinski definition) is 4. The van der Waals surface area contributed by atoms with Crippen LogP contribution in [0, 0.1) is 5.41 Å². The zero-order valence-corrected chi connectivity index (χ0v) is 15.2. The second kappa shape index (κ2) is 7.24. The van der Waals surface area contributed by atoms with Gasteiger partial charge in [0, 0.05) is 41.9 Å². The Morgan fingerprint density at radius 2 is 2.07 bits per heavy atom. The van der Waals surface area contributed by atoms with Crippen molar-refractivity contribution in [1.82, 2.24) is 14.6 Å².